The second kappa shape index (κ2) is 8.12. The van der Waals surface area contributed by atoms with E-state index in [0.717, 1.165) is 21.9 Å². The molecule has 1 aromatic carbocycles. The number of hydrogen-bond acceptors (Lipinski definition) is 3. The Morgan fingerprint density at radius 1 is 1.08 bits per heavy atom. The number of sulfonamides is 1. The number of nitrogens with zero attached hydrogens (tertiary/aromatic N) is 2. The number of amides is 1. The number of carbonyl (C=O) groups excluding carboxylic acids is 1. The van der Waals surface area contributed by atoms with Gasteiger partial charge in [-0.2, -0.15) is 4.31 Å². The summed E-state index contributed by atoms with van der Waals surface area (Å²) in [7, 11) is -0.494. The number of rotatable bonds is 7. The van der Waals surface area contributed by atoms with Crippen LogP contribution in [0, 0.1) is 19.8 Å². The molecule has 0 heterocycles. The first-order valence-corrected chi connectivity index (χ1v) is 9.70. The van der Waals surface area contributed by atoms with Gasteiger partial charge in [-0.25, -0.2) is 8.42 Å². The van der Waals surface area contributed by atoms with Gasteiger partial charge in [-0.1, -0.05) is 19.9 Å². The molecule has 0 aliphatic heterocycles. The van der Waals surface area contributed by atoms with E-state index in [1.54, 1.807) is 30.1 Å². The van der Waals surface area contributed by atoms with Gasteiger partial charge in [0.1, 0.15) is 0 Å². The van der Waals surface area contributed by atoms with Crippen LogP contribution in [0.2, 0.25) is 0 Å². The number of hydrogen-bond donors (Lipinski definition) is 0. The summed E-state index contributed by atoms with van der Waals surface area (Å²) in [6, 6.07) is 5.10. The smallest absolute Gasteiger partial charge is 0.243 e. The van der Waals surface area contributed by atoms with E-state index in [2.05, 4.69) is 13.8 Å². The molecule has 0 bridgehead atoms. The van der Waals surface area contributed by atoms with Gasteiger partial charge in [-0.05, 0) is 56.4 Å². The summed E-state index contributed by atoms with van der Waals surface area (Å²) in [5.41, 5.74) is 1.95. The topological polar surface area (TPSA) is 57.7 Å². The third-order valence-electron chi connectivity index (χ3n) is 4.41. The lowest BCUT2D eigenvalue weighted by Gasteiger charge is -2.28. The molecule has 0 aliphatic rings. The van der Waals surface area contributed by atoms with Crippen LogP contribution in [-0.2, 0) is 14.8 Å². The lowest BCUT2D eigenvalue weighted by molar-refractivity contribution is -0.131. The maximum atomic E-state index is 12.7. The number of carbonyl (C=O) groups is 1. The molecule has 5 nitrogen and oxygen atoms in total. The highest BCUT2D eigenvalue weighted by Gasteiger charge is 2.26. The molecule has 24 heavy (non-hydrogen) atoms. The van der Waals surface area contributed by atoms with Crippen LogP contribution in [-0.4, -0.2) is 50.2 Å². The zero-order valence-electron chi connectivity index (χ0n) is 15.8. The highest BCUT2D eigenvalue weighted by atomic mass is 32.2. The summed E-state index contributed by atoms with van der Waals surface area (Å²) < 4.78 is 26.4. The van der Waals surface area contributed by atoms with Crippen molar-refractivity contribution in [1.82, 2.24) is 9.21 Å². The van der Waals surface area contributed by atoms with Crippen LogP contribution in [0.5, 0.6) is 0 Å². The highest BCUT2D eigenvalue weighted by molar-refractivity contribution is 7.89. The third kappa shape index (κ3) is 5.05. The average Bonchev–Trinajstić information content (AvgIpc) is 2.48. The van der Waals surface area contributed by atoms with Gasteiger partial charge in [-0.15, -0.1) is 0 Å². The van der Waals surface area contributed by atoms with Crippen LogP contribution in [0.3, 0.4) is 0 Å². The van der Waals surface area contributed by atoms with E-state index in [1.807, 2.05) is 20.8 Å². The van der Waals surface area contributed by atoms with E-state index < -0.39 is 10.0 Å². The molecule has 0 spiro atoms. The molecule has 0 radical (unpaired) electrons. The predicted octanol–water partition coefficient (Wildman–Crippen LogP) is 2.82. The van der Waals surface area contributed by atoms with Crippen LogP contribution >= 0.6 is 0 Å². The Morgan fingerprint density at radius 2 is 1.67 bits per heavy atom. The fraction of sp³-hybridized carbons (Fsp3) is 0.611. The first-order chi connectivity index (χ1) is 11.0. The quantitative estimate of drug-likeness (QED) is 0.756. The van der Waals surface area contributed by atoms with Crippen LogP contribution in [0.4, 0.5) is 0 Å². The minimum Gasteiger partial charge on any atom is -0.342 e. The van der Waals surface area contributed by atoms with Gasteiger partial charge in [-0.3, -0.25) is 4.79 Å². The molecule has 0 fully saturated rings. The first kappa shape index (κ1) is 20.6. The number of benzene rings is 1. The van der Waals surface area contributed by atoms with Crippen LogP contribution in [0.25, 0.3) is 0 Å². The van der Waals surface area contributed by atoms with E-state index >= 15 is 0 Å². The average molecular weight is 355 g/mol. The van der Waals surface area contributed by atoms with Gasteiger partial charge >= 0.3 is 0 Å². The molecule has 1 aromatic rings. The van der Waals surface area contributed by atoms with E-state index in [0.29, 0.717) is 5.92 Å². The predicted molar refractivity (Wildman–Crippen MR) is 97.4 cm³/mol. The largest absolute Gasteiger partial charge is 0.342 e. The fourth-order valence-electron chi connectivity index (χ4n) is 2.53. The minimum atomic E-state index is -3.67. The summed E-state index contributed by atoms with van der Waals surface area (Å²) >= 11 is 0. The molecule has 0 N–H and O–H groups in total. The number of aryl methyl sites for hydroxylation is 2. The number of likely N-dealkylation sites (N-methyl/N-ethyl adjacent to an activating group) is 2. The van der Waals surface area contributed by atoms with Crippen molar-refractivity contribution in [2.24, 2.45) is 5.92 Å². The summed E-state index contributed by atoms with van der Waals surface area (Å²) in [5, 5.41) is 0. The first-order valence-electron chi connectivity index (χ1n) is 8.26. The van der Waals surface area contributed by atoms with Gasteiger partial charge in [0.2, 0.25) is 15.9 Å². The Bertz CT molecular complexity index is 684. The van der Waals surface area contributed by atoms with Gasteiger partial charge in [0, 0.05) is 20.1 Å². The van der Waals surface area contributed by atoms with Crippen molar-refractivity contribution in [1.29, 1.82) is 0 Å². The molecule has 1 rings (SSSR count). The Hall–Kier alpha value is -1.40. The zero-order chi connectivity index (χ0) is 18.7. The molecular formula is C18H30N2O3S. The Labute approximate surface area is 146 Å². The SMILES string of the molecule is Cc1ccc(S(=O)(=O)N(C)CC(=O)N(C)C(C)CC(C)C)cc1C. The van der Waals surface area contributed by atoms with E-state index in [9.17, 15) is 13.2 Å². The molecular weight excluding hydrogens is 324 g/mol. The van der Waals surface area contributed by atoms with Crippen molar-refractivity contribution in [3.63, 3.8) is 0 Å². The molecule has 1 atom stereocenters. The summed E-state index contributed by atoms with van der Waals surface area (Å²) in [5.74, 6) is 0.283. The van der Waals surface area contributed by atoms with Crippen molar-refractivity contribution in [2.75, 3.05) is 20.6 Å². The lowest BCUT2D eigenvalue weighted by Crippen LogP contribution is -2.43. The molecule has 1 unspecified atom stereocenters. The second-order valence-corrected chi connectivity index (χ2v) is 9.04. The van der Waals surface area contributed by atoms with Crippen molar-refractivity contribution in [3.05, 3.63) is 29.3 Å². The van der Waals surface area contributed by atoms with Crippen LogP contribution in [0.1, 0.15) is 38.3 Å². The maximum absolute atomic E-state index is 12.7. The monoisotopic (exact) mass is 354 g/mol. The highest BCUT2D eigenvalue weighted by Crippen LogP contribution is 2.18. The lowest BCUT2D eigenvalue weighted by atomic mass is 10.0. The van der Waals surface area contributed by atoms with Crippen molar-refractivity contribution < 1.29 is 13.2 Å². The molecule has 0 saturated carbocycles. The third-order valence-corrected chi connectivity index (χ3v) is 6.21. The van der Waals surface area contributed by atoms with Crippen molar-refractivity contribution >= 4 is 15.9 Å². The molecule has 0 aliphatic carbocycles. The van der Waals surface area contributed by atoms with Gasteiger partial charge in [0.15, 0.2) is 0 Å². The molecule has 136 valence electrons. The van der Waals surface area contributed by atoms with E-state index in [4.69, 9.17) is 0 Å². The van der Waals surface area contributed by atoms with Crippen LogP contribution < -0.4 is 0 Å². The summed E-state index contributed by atoms with van der Waals surface area (Å²) in [6.45, 7) is 9.84. The standard InChI is InChI=1S/C18H30N2O3S/c1-13(2)10-16(5)20(7)18(21)12-19(6)24(22,23)17-9-8-14(3)15(4)11-17/h8-9,11,13,16H,10,12H2,1-7H3. The Balaban J connectivity index is 2.87. The van der Waals surface area contributed by atoms with Crippen LogP contribution in [0.15, 0.2) is 23.1 Å². The Morgan fingerprint density at radius 3 is 2.17 bits per heavy atom. The summed E-state index contributed by atoms with van der Waals surface area (Å²) in [6.07, 6.45) is 0.885. The Kier molecular flexibility index (Phi) is 6.98. The summed E-state index contributed by atoms with van der Waals surface area (Å²) in [4.78, 5) is 14.2. The minimum absolute atomic E-state index is 0.0789. The van der Waals surface area contributed by atoms with Gasteiger partial charge in [0.05, 0.1) is 11.4 Å². The van der Waals surface area contributed by atoms with Gasteiger partial charge in [0.25, 0.3) is 0 Å². The molecule has 0 aromatic heterocycles. The fourth-order valence-corrected chi connectivity index (χ4v) is 3.73. The zero-order valence-corrected chi connectivity index (χ0v) is 16.6. The van der Waals surface area contributed by atoms with Crippen molar-refractivity contribution in [3.8, 4) is 0 Å². The van der Waals surface area contributed by atoms with E-state index in [1.165, 1.54) is 7.05 Å². The van der Waals surface area contributed by atoms with Crippen molar-refractivity contribution in [2.45, 2.75) is 52.0 Å². The van der Waals surface area contributed by atoms with Gasteiger partial charge < -0.3 is 4.90 Å². The molecule has 0 saturated heterocycles. The second-order valence-electron chi connectivity index (χ2n) is 6.99. The normalized spacial score (nSPS) is 13.4. The molecule has 1 amide bonds. The molecule has 6 heteroatoms. The maximum Gasteiger partial charge on any atom is 0.243 e. The van der Waals surface area contributed by atoms with E-state index in [-0.39, 0.29) is 23.4 Å².